The molecule has 0 aliphatic carbocycles. The van der Waals surface area contributed by atoms with Crippen LogP contribution in [-0.4, -0.2) is 12.7 Å². The Morgan fingerprint density at radius 1 is 1.20 bits per heavy atom. The second-order valence-electron chi connectivity index (χ2n) is 3.63. The van der Waals surface area contributed by atoms with E-state index in [2.05, 4.69) is 27.8 Å². The van der Waals surface area contributed by atoms with E-state index < -0.39 is 0 Å². The first kappa shape index (κ1) is 10.7. The van der Waals surface area contributed by atoms with Crippen LogP contribution in [0.15, 0.2) is 28.7 Å². The predicted molar refractivity (Wildman–Crippen MR) is 64.6 cm³/mol. The highest BCUT2D eigenvalue weighted by molar-refractivity contribution is 9.10. The molecular formula is C13H13BrO. The summed E-state index contributed by atoms with van der Waals surface area (Å²) in [6.45, 7) is 0.861. The average molecular weight is 265 g/mol. The van der Waals surface area contributed by atoms with Gasteiger partial charge in [-0.2, -0.15) is 0 Å². The number of hydrogen-bond acceptors (Lipinski definition) is 1. The van der Waals surface area contributed by atoms with E-state index in [1.807, 2.05) is 24.3 Å². The zero-order chi connectivity index (χ0) is 10.5. The summed E-state index contributed by atoms with van der Waals surface area (Å²) >= 11 is 3.40. The van der Waals surface area contributed by atoms with Crippen molar-refractivity contribution in [3.8, 4) is 11.8 Å². The molecule has 0 N–H and O–H groups in total. The number of halogens is 1. The first-order valence-corrected chi connectivity index (χ1v) is 6.02. The van der Waals surface area contributed by atoms with Crippen LogP contribution in [0.4, 0.5) is 0 Å². The molecule has 1 fully saturated rings. The quantitative estimate of drug-likeness (QED) is 0.653. The molecule has 1 nitrogen and oxygen atoms in total. The van der Waals surface area contributed by atoms with Crippen LogP contribution in [0.2, 0.25) is 0 Å². The van der Waals surface area contributed by atoms with Crippen molar-refractivity contribution >= 4 is 15.9 Å². The van der Waals surface area contributed by atoms with E-state index in [-0.39, 0.29) is 6.10 Å². The molecule has 15 heavy (non-hydrogen) atoms. The Balaban J connectivity index is 2.00. The van der Waals surface area contributed by atoms with Crippen molar-refractivity contribution in [2.45, 2.75) is 25.4 Å². The Bertz CT molecular complexity index is 366. The molecule has 1 aromatic rings. The number of rotatable bonds is 0. The van der Waals surface area contributed by atoms with Gasteiger partial charge in [0.1, 0.15) is 6.10 Å². The second kappa shape index (κ2) is 5.34. The summed E-state index contributed by atoms with van der Waals surface area (Å²) in [6, 6.07) is 8.04. The number of hydrogen-bond donors (Lipinski definition) is 0. The molecule has 1 unspecified atom stereocenters. The van der Waals surface area contributed by atoms with Gasteiger partial charge in [-0.1, -0.05) is 27.8 Å². The van der Waals surface area contributed by atoms with Gasteiger partial charge in [0.15, 0.2) is 0 Å². The molecular weight excluding hydrogens is 252 g/mol. The van der Waals surface area contributed by atoms with Gasteiger partial charge < -0.3 is 4.74 Å². The Morgan fingerprint density at radius 2 is 2.00 bits per heavy atom. The third-order valence-corrected chi connectivity index (χ3v) is 2.93. The van der Waals surface area contributed by atoms with Gasteiger partial charge in [-0.25, -0.2) is 0 Å². The third-order valence-electron chi connectivity index (χ3n) is 2.40. The summed E-state index contributed by atoms with van der Waals surface area (Å²) in [5.74, 6) is 6.32. The van der Waals surface area contributed by atoms with Gasteiger partial charge in [-0.05, 0) is 43.5 Å². The van der Waals surface area contributed by atoms with E-state index in [0.29, 0.717) is 0 Å². The first-order chi connectivity index (χ1) is 7.34. The Kier molecular flexibility index (Phi) is 3.82. The highest BCUT2D eigenvalue weighted by atomic mass is 79.9. The second-order valence-corrected chi connectivity index (χ2v) is 4.55. The maximum Gasteiger partial charge on any atom is 0.118 e. The minimum Gasteiger partial charge on any atom is -0.366 e. The Morgan fingerprint density at radius 3 is 2.67 bits per heavy atom. The minimum absolute atomic E-state index is 0.141. The fourth-order valence-corrected chi connectivity index (χ4v) is 1.82. The highest BCUT2D eigenvalue weighted by Crippen LogP contribution is 2.12. The molecule has 1 atom stereocenters. The lowest BCUT2D eigenvalue weighted by Gasteiger charge is -2.16. The van der Waals surface area contributed by atoms with Gasteiger partial charge in [0.05, 0.1) is 0 Å². The SMILES string of the molecule is Brc1ccc(C#CC2CCCCO2)cc1. The molecule has 1 heterocycles. The molecule has 0 bridgehead atoms. The average Bonchev–Trinajstić information content (AvgIpc) is 2.30. The summed E-state index contributed by atoms with van der Waals surface area (Å²) in [4.78, 5) is 0. The van der Waals surface area contributed by atoms with Crippen molar-refractivity contribution < 1.29 is 4.74 Å². The summed E-state index contributed by atoms with van der Waals surface area (Å²) in [5.41, 5.74) is 1.05. The van der Waals surface area contributed by atoms with Crippen molar-refractivity contribution in [3.63, 3.8) is 0 Å². The van der Waals surface area contributed by atoms with Crippen molar-refractivity contribution in [1.29, 1.82) is 0 Å². The lowest BCUT2D eigenvalue weighted by Crippen LogP contribution is -2.16. The van der Waals surface area contributed by atoms with E-state index in [1.165, 1.54) is 12.8 Å². The fraction of sp³-hybridized carbons (Fsp3) is 0.385. The van der Waals surface area contributed by atoms with Crippen molar-refractivity contribution in [2.75, 3.05) is 6.61 Å². The van der Waals surface area contributed by atoms with E-state index in [4.69, 9.17) is 4.74 Å². The van der Waals surface area contributed by atoms with Gasteiger partial charge in [0.2, 0.25) is 0 Å². The van der Waals surface area contributed by atoms with Crippen LogP contribution >= 0.6 is 15.9 Å². The molecule has 2 rings (SSSR count). The van der Waals surface area contributed by atoms with Gasteiger partial charge >= 0.3 is 0 Å². The van der Waals surface area contributed by atoms with Gasteiger partial charge in [0, 0.05) is 16.6 Å². The fourth-order valence-electron chi connectivity index (χ4n) is 1.55. The molecule has 0 spiro atoms. The molecule has 0 radical (unpaired) electrons. The van der Waals surface area contributed by atoms with Crippen LogP contribution in [0.3, 0.4) is 0 Å². The Hall–Kier alpha value is -0.780. The Labute approximate surface area is 99.0 Å². The molecule has 1 aliphatic rings. The topological polar surface area (TPSA) is 9.23 Å². The lowest BCUT2D eigenvalue weighted by molar-refractivity contribution is 0.0526. The molecule has 1 aromatic carbocycles. The van der Waals surface area contributed by atoms with Crippen LogP contribution in [0.1, 0.15) is 24.8 Å². The number of benzene rings is 1. The molecule has 2 heteroatoms. The summed E-state index contributed by atoms with van der Waals surface area (Å²) in [5, 5.41) is 0. The zero-order valence-corrected chi connectivity index (χ0v) is 10.1. The third kappa shape index (κ3) is 3.37. The monoisotopic (exact) mass is 264 g/mol. The first-order valence-electron chi connectivity index (χ1n) is 5.23. The van der Waals surface area contributed by atoms with E-state index in [1.54, 1.807) is 0 Å². The van der Waals surface area contributed by atoms with Crippen molar-refractivity contribution in [3.05, 3.63) is 34.3 Å². The van der Waals surface area contributed by atoms with E-state index >= 15 is 0 Å². The van der Waals surface area contributed by atoms with Crippen LogP contribution in [-0.2, 0) is 4.74 Å². The summed E-state index contributed by atoms with van der Waals surface area (Å²) in [7, 11) is 0. The maximum absolute atomic E-state index is 5.54. The smallest absolute Gasteiger partial charge is 0.118 e. The van der Waals surface area contributed by atoms with E-state index in [9.17, 15) is 0 Å². The molecule has 1 saturated heterocycles. The van der Waals surface area contributed by atoms with Crippen LogP contribution in [0, 0.1) is 11.8 Å². The molecule has 0 saturated carbocycles. The van der Waals surface area contributed by atoms with Crippen molar-refractivity contribution in [1.82, 2.24) is 0 Å². The molecule has 78 valence electrons. The van der Waals surface area contributed by atoms with Crippen LogP contribution in [0.5, 0.6) is 0 Å². The molecule has 0 amide bonds. The molecule has 1 aliphatic heterocycles. The highest BCUT2D eigenvalue weighted by Gasteiger charge is 2.09. The van der Waals surface area contributed by atoms with Crippen molar-refractivity contribution in [2.24, 2.45) is 0 Å². The zero-order valence-electron chi connectivity index (χ0n) is 8.50. The van der Waals surface area contributed by atoms with Crippen LogP contribution < -0.4 is 0 Å². The minimum atomic E-state index is 0.141. The van der Waals surface area contributed by atoms with E-state index in [0.717, 1.165) is 23.1 Å². The number of ether oxygens (including phenoxy) is 1. The van der Waals surface area contributed by atoms with Gasteiger partial charge in [-0.3, -0.25) is 0 Å². The standard InChI is InChI=1S/C13H13BrO/c14-12-7-4-11(5-8-12)6-9-13-3-1-2-10-15-13/h4-5,7-8,13H,1-3,10H2. The largest absolute Gasteiger partial charge is 0.366 e. The maximum atomic E-state index is 5.54. The normalized spacial score (nSPS) is 20.5. The lowest BCUT2D eigenvalue weighted by atomic mass is 10.1. The van der Waals surface area contributed by atoms with Gasteiger partial charge in [0.25, 0.3) is 0 Å². The summed E-state index contributed by atoms with van der Waals surface area (Å²) < 4.78 is 6.63. The van der Waals surface area contributed by atoms with Crippen LogP contribution in [0.25, 0.3) is 0 Å². The van der Waals surface area contributed by atoms with Gasteiger partial charge in [-0.15, -0.1) is 0 Å². The summed E-state index contributed by atoms with van der Waals surface area (Å²) in [6.07, 6.45) is 3.63. The predicted octanol–water partition coefficient (Wildman–Crippen LogP) is 3.37. The molecule has 0 aromatic heterocycles.